The first-order chi connectivity index (χ1) is 10.9. The highest BCUT2D eigenvalue weighted by Gasteiger charge is 2.17. The summed E-state index contributed by atoms with van der Waals surface area (Å²) < 4.78 is 0. The summed E-state index contributed by atoms with van der Waals surface area (Å²) >= 11 is 0. The van der Waals surface area contributed by atoms with Crippen LogP contribution >= 0.6 is 0 Å². The molecule has 1 saturated carbocycles. The molecule has 0 amide bonds. The van der Waals surface area contributed by atoms with E-state index >= 15 is 0 Å². The Kier molecular flexibility index (Phi) is 5.58. The van der Waals surface area contributed by atoms with E-state index in [-0.39, 0.29) is 0 Å². The summed E-state index contributed by atoms with van der Waals surface area (Å²) in [6, 6.07) is 8.79. The van der Waals surface area contributed by atoms with Crippen LogP contribution in [0.4, 0.5) is 0 Å². The van der Waals surface area contributed by atoms with E-state index in [0.29, 0.717) is 0 Å². The number of aryl methyl sites for hydroxylation is 1. The van der Waals surface area contributed by atoms with Gasteiger partial charge in [-0.15, -0.1) is 0 Å². The van der Waals surface area contributed by atoms with Gasteiger partial charge in [0.25, 0.3) is 0 Å². The van der Waals surface area contributed by atoms with Crippen LogP contribution in [0.2, 0.25) is 0 Å². The Bertz CT molecular complexity index is 569. The van der Waals surface area contributed by atoms with E-state index in [1.807, 2.05) is 0 Å². The van der Waals surface area contributed by atoms with Crippen molar-refractivity contribution in [3.63, 3.8) is 0 Å². The smallest absolute Gasteiger partial charge is 0.0458 e. The summed E-state index contributed by atoms with van der Waals surface area (Å²) in [6.07, 6.45) is 15.7. The molecule has 1 nitrogen and oxygen atoms in total. The van der Waals surface area contributed by atoms with Gasteiger partial charge in [-0.3, -0.25) is 0 Å². The number of H-pyrrole nitrogens is 1. The maximum absolute atomic E-state index is 3.75. The zero-order chi connectivity index (χ0) is 15.2. The topological polar surface area (TPSA) is 15.8 Å². The van der Waals surface area contributed by atoms with E-state index in [0.717, 1.165) is 5.92 Å². The average molecular weight is 297 g/mol. The van der Waals surface area contributed by atoms with Gasteiger partial charge < -0.3 is 4.98 Å². The number of hydrogen-bond donors (Lipinski definition) is 1. The lowest BCUT2D eigenvalue weighted by Crippen LogP contribution is -2.02. The second-order valence-corrected chi connectivity index (χ2v) is 7.17. The van der Waals surface area contributed by atoms with Gasteiger partial charge in [0.05, 0.1) is 0 Å². The Morgan fingerprint density at radius 2 is 1.32 bits per heavy atom. The Balaban J connectivity index is 1.76. The molecule has 1 heteroatoms. The molecule has 0 saturated heterocycles. The molecule has 1 heterocycles. The van der Waals surface area contributed by atoms with Crippen LogP contribution < -0.4 is 0 Å². The quantitative estimate of drug-likeness (QED) is 0.591. The lowest BCUT2D eigenvalue weighted by Gasteiger charge is -2.18. The average Bonchev–Trinajstić information content (AvgIpc) is 2.86. The van der Waals surface area contributed by atoms with Crippen LogP contribution in [0.15, 0.2) is 24.3 Å². The van der Waals surface area contributed by atoms with Crippen LogP contribution in [0, 0.1) is 6.92 Å². The number of aromatic nitrogens is 1. The second kappa shape index (κ2) is 7.85. The second-order valence-electron chi connectivity index (χ2n) is 7.17. The van der Waals surface area contributed by atoms with Crippen molar-refractivity contribution in [3.05, 3.63) is 35.5 Å². The fraction of sp³-hybridized carbons (Fsp3) is 0.619. The standard InChI is InChI=1S/C21H31N/c1-17-19-15-11-12-16-20(19)22-21(17)18-13-9-7-5-3-2-4-6-8-10-14-18/h11-12,15-16,18,22H,2-10,13-14H2,1H3. The Morgan fingerprint density at radius 3 is 1.91 bits per heavy atom. The molecule has 0 spiro atoms. The van der Waals surface area contributed by atoms with Gasteiger partial charge in [0, 0.05) is 16.6 Å². The van der Waals surface area contributed by atoms with Gasteiger partial charge in [-0.2, -0.15) is 0 Å². The predicted octanol–water partition coefficient (Wildman–Crippen LogP) is 6.86. The van der Waals surface area contributed by atoms with Crippen molar-refractivity contribution in [1.29, 1.82) is 0 Å². The van der Waals surface area contributed by atoms with Crippen molar-refractivity contribution in [2.45, 2.75) is 83.5 Å². The minimum atomic E-state index is 0.742. The first kappa shape index (κ1) is 15.6. The minimum Gasteiger partial charge on any atom is -0.358 e. The first-order valence-corrected chi connectivity index (χ1v) is 9.43. The number of nitrogens with one attached hydrogen (secondary N) is 1. The van der Waals surface area contributed by atoms with E-state index in [2.05, 4.69) is 36.2 Å². The van der Waals surface area contributed by atoms with Gasteiger partial charge in [0.15, 0.2) is 0 Å². The lowest BCUT2D eigenvalue weighted by atomic mass is 9.89. The zero-order valence-electron chi connectivity index (χ0n) is 14.2. The predicted molar refractivity (Wildman–Crippen MR) is 96.6 cm³/mol. The molecule has 120 valence electrons. The summed E-state index contributed by atoms with van der Waals surface area (Å²) in [4.78, 5) is 3.75. The van der Waals surface area contributed by atoms with Gasteiger partial charge in [0.2, 0.25) is 0 Å². The highest BCUT2D eigenvalue weighted by molar-refractivity contribution is 5.84. The molecule has 0 unspecified atom stereocenters. The highest BCUT2D eigenvalue weighted by Crippen LogP contribution is 2.34. The normalized spacial score (nSPS) is 19.7. The molecule has 0 radical (unpaired) electrons. The maximum Gasteiger partial charge on any atom is 0.0458 e. The molecule has 1 aromatic carbocycles. The molecule has 1 aliphatic carbocycles. The number of para-hydroxylation sites is 1. The maximum atomic E-state index is 3.75. The summed E-state index contributed by atoms with van der Waals surface area (Å²) in [7, 11) is 0. The molecule has 1 aliphatic rings. The van der Waals surface area contributed by atoms with Gasteiger partial charge in [-0.05, 0) is 37.3 Å². The van der Waals surface area contributed by atoms with Crippen LogP contribution in [0.3, 0.4) is 0 Å². The molecule has 0 aliphatic heterocycles. The summed E-state index contributed by atoms with van der Waals surface area (Å²) in [6.45, 7) is 2.31. The molecule has 1 N–H and O–H groups in total. The third-order valence-corrected chi connectivity index (χ3v) is 5.52. The molecule has 3 rings (SSSR count). The highest BCUT2D eigenvalue weighted by atomic mass is 14.7. The fourth-order valence-corrected chi connectivity index (χ4v) is 4.16. The molecule has 0 bridgehead atoms. The molecular weight excluding hydrogens is 266 g/mol. The van der Waals surface area contributed by atoms with E-state index in [1.165, 1.54) is 92.8 Å². The Hall–Kier alpha value is -1.24. The number of hydrogen-bond acceptors (Lipinski definition) is 0. The molecular formula is C21H31N. The minimum absolute atomic E-state index is 0.742. The van der Waals surface area contributed by atoms with Gasteiger partial charge >= 0.3 is 0 Å². The number of aromatic amines is 1. The van der Waals surface area contributed by atoms with E-state index in [9.17, 15) is 0 Å². The molecule has 2 aromatic rings. The first-order valence-electron chi connectivity index (χ1n) is 9.43. The van der Waals surface area contributed by atoms with Crippen LogP contribution in [0.5, 0.6) is 0 Å². The van der Waals surface area contributed by atoms with E-state index in [1.54, 1.807) is 0 Å². The van der Waals surface area contributed by atoms with Crippen LogP contribution in [-0.4, -0.2) is 4.98 Å². The SMILES string of the molecule is Cc1c(C2CCCCCCCCCCC2)[nH]c2ccccc12. The van der Waals surface area contributed by atoms with Crippen LogP contribution in [0.1, 0.15) is 87.8 Å². The van der Waals surface area contributed by atoms with Crippen molar-refractivity contribution < 1.29 is 0 Å². The largest absolute Gasteiger partial charge is 0.358 e. The Labute approximate surface area is 135 Å². The summed E-state index contributed by atoms with van der Waals surface area (Å²) in [5.74, 6) is 0.742. The van der Waals surface area contributed by atoms with Gasteiger partial charge in [0.1, 0.15) is 0 Å². The van der Waals surface area contributed by atoms with Crippen molar-refractivity contribution in [1.82, 2.24) is 4.98 Å². The van der Waals surface area contributed by atoms with Crippen molar-refractivity contribution >= 4 is 10.9 Å². The number of benzene rings is 1. The monoisotopic (exact) mass is 297 g/mol. The molecule has 0 atom stereocenters. The molecule has 1 aromatic heterocycles. The Morgan fingerprint density at radius 1 is 0.773 bits per heavy atom. The van der Waals surface area contributed by atoms with Crippen LogP contribution in [0.25, 0.3) is 10.9 Å². The summed E-state index contributed by atoms with van der Waals surface area (Å²) in [5, 5.41) is 1.42. The van der Waals surface area contributed by atoms with Gasteiger partial charge in [-0.25, -0.2) is 0 Å². The van der Waals surface area contributed by atoms with Crippen molar-refractivity contribution in [3.8, 4) is 0 Å². The van der Waals surface area contributed by atoms with E-state index < -0.39 is 0 Å². The molecule has 1 fully saturated rings. The van der Waals surface area contributed by atoms with Gasteiger partial charge in [-0.1, -0.05) is 76.0 Å². The van der Waals surface area contributed by atoms with E-state index in [4.69, 9.17) is 0 Å². The number of fused-ring (bicyclic) bond motifs is 1. The zero-order valence-corrected chi connectivity index (χ0v) is 14.2. The van der Waals surface area contributed by atoms with Crippen molar-refractivity contribution in [2.75, 3.05) is 0 Å². The molecule has 22 heavy (non-hydrogen) atoms. The third kappa shape index (κ3) is 3.74. The summed E-state index contributed by atoms with van der Waals surface area (Å²) in [5.41, 5.74) is 4.34. The lowest BCUT2D eigenvalue weighted by molar-refractivity contribution is 0.462. The fourth-order valence-electron chi connectivity index (χ4n) is 4.16. The van der Waals surface area contributed by atoms with Crippen LogP contribution in [-0.2, 0) is 0 Å². The number of rotatable bonds is 1. The van der Waals surface area contributed by atoms with Crippen molar-refractivity contribution in [2.24, 2.45) is 0 Å². The third-order valence-electron chi connectivity index (χ3n) is 5.52.